The zero-order valence-electron chi connectivity index (χ0n) is 10.0. The number of carbonyl (C=O) groups excluding carboxylic acids is 1. The predicted molar refractivity (Wildman–Crippen MR) is 74.1 cm³/mol. The molecule has 0 saturated carbocycles. The molecule has 0 aliphatic heterocycles. The summed E-state index contributed by atoms with van der Waals surface area (Å²) < 4.78 is 0. The second-order valence-corrected chi connectivity index (χ2v) is 4.81. The van der Waals surface area contributed by atoms with Crippen molar-refractivity contribution in [2.24, 2.45) is 0 Å². The third kappa shape index (κ3) is 3.04. The number of anilines is 1. The minimum atomic E-state index is -0.765. The van der Waals surface area contributed by atoms with Crippen molar-refractivity contribution in [1.29, 1.82) is 0 Å². The Balaban J connectivity index is 2.00. The Morgan fingerprint density at radius 1 is 1.42 bits per heavy atom. The van der Waals surface area contributed by atoms with E-state index in [2.05, 4.69) is 5.32 Å². The molecule has 2 aromatic rings. The SMILES string of the molecule is Nc1cccc(C(=O)NCC(O)c2ccsc2)c1O. The Hall–Kier alpha value is -2.05. The lowest BCUT2D eigenvalue weighted by molar-refractivity contribution is 0.0914. The maximum absolute atomic E-state index is 11.9. The molecular formula is C13H14N2O3S. The normalized spacial score (nSPS) is 12.1. The molecular weight excluding hydrogens is 264 g/mol. The summed E-state index contributed by atoms with van der Waals surface area (Å²) in [6.07, 6.45) is -0.765. The van der Waals surface area contributed by atoms with Crippen LogP contribution < -0.4 is 11.1 Å². The average Bonchev–Trinajstić information content (AvgIpc) is 2.93. The van der Waals surface area contributed by atoms with Crippen molar-refractivity contribution in [3.8, 4) is 5.75 Å². The summed E-state index contributed by atoms with van der Waals surface area (Å²) in [6.45, 7) is 0.0732. The molecule has 0 aliphatic carbocycles. The van der Waals surface area contributed by atoms with Crippen LogP contribution in [0, 0.1) is 0 Å². The van der Waals surface area contributed by atoms with E-state index >= 15 is 0 Å². The highest BCUT2D eigenvalue weighted by Crippen LogP contribution is 2.24. The highest BCUT2D eigenvalue weighted by atomic mass is 32.1. The highest BCUT2D eigenvalue weighted by Gasteiger charge is 2.15. The van der Waals surface area contributed by atoms with E-state index in [9.17, 15) is 15.0 Å². The van der Waals surface area contributed by atoms with Crippen LogP contribution in [0.4, 0.5) is 5.69 Å². The number of carbonyl (C=O) groups is 1. The number of hydrogen-bond donors (Lipinski definition) is 4. The van der Waals surface area contributed by atoms with E-state index in [0.29, 0.717) is 0 Å². The van der Waals surface area contributed by atoms with Gasteiger partial charge in [-0.3, -0.25) is 4.79 Å². The zero-order chi connectivity index (χ0) is 13.8. The van der Waals surface area contributed by atoms with Crippen LogP contribution in [0.3, 0.4) is 0 Å². The number of amides is 1. The topological polar surface area (TPSA) is 95.6 Å². The molecule has 0 aliphatic rings. The Kier molecular flexibility index (Phi) is 4.03. The molecule has 5 N–H and O–H groups in total. The maximum atomic E-state index is 11.9. The van der Waals surface area contributed by atoms with Gasteiger partial charge in [0.15, 0.2) is 5.75 Å². The van der Waals surface area contributed by atoms with E-state index in [1.54, 1.807) is 12.1 Å². The smallest absolute Gasteiger partial charge is 0.255 e. The van der Waals surface area contributed by atoms with E-state index in [-0.39, 0.29) is 23.5 Å². The lowest BCUT2D eigenvalue weighted by Crippen LogP contribution is -2.28. The quantitative estimate of drug-likeness (QED) is 0.503. The van der Waals surface area contributed by atoms with E-state index in [1.165, 1.54) is 23.5 Å². The number of phenols is 1. The number of aromatic hydroxyl groups is 1. The molecule has 0 bridgehead atoms. The van der Waals surface area contributed by atoms with Gasteiger partial charge in [-0.25, -0.2) is 0 Å². The predicted octanol–water partition coefficient (Wildman–Crippen LogP) is 1.50. The first kappa shape index (κ1) is 13.4. The van der Waals surface area contributed by atoms with Gasteiger partial charge in [0.1, 0.15) is 0 Å². The molecule has 1 heterocycles. The second-order valence-electron chi connectivity index (χ2n) is 4.03. The fraction of sp³-hybridized carbons (Fsp3) is 0.154. The number of phenolic OH excluding ortho intramolecular Hbond substituents is 1. The molecule has 0 spiro atoms. The number of hydrogen-bond acceptors (Lipinski definition) is 5. The summed E-state index contributed by atoms with van der Waals surface area (Å²) in [5, 5.41) is 25.7. The maximum Gasteiger partial charge on any atom is 0.255 e. The summed E-state index contributed by atoms with van der Waals surface area (Å²) in [7, 11) is 0. The van der Waals surface area contributed by atoms with Gasteiger partial charge in [-0.05, 0) is 34.5 Å². The first-order valence-electron chi connectivity index (χ1n) is 5.65. The number of rotatable bonds is 4. The molecule has 19 heavy (non-hydrogen) atoms. The molecule has 2 rings (SSSR count). The fourth-order valence-corrected chi connectivity index (χ4v) is 2.32. The summed E-state index contributed by atoms with van der Waals surface area (Å²) in [4.78, 5) is 11.9. The summed E-state index contributed by atoms with van der Waals surface area (Å²) in [6, 6.07) is 6.35. The molecule has 0 fully saturated rings. The van der Waals surface area contributed by atoms with Gasteiger partial charge in [0, 0.05) is 6.54 Å². The molecule has 1 aromatic heterocycles. The number of aliphatic hydroxyl groups is 1. The minimum absolute atomic E-state index is 0.0732. The molecule has 1 amide bonds. The zero-order valence-corrected chi connectivity index (χ0v) is 10.9. The van der Waals surface area contributed by atoms with E-state index in [0.717, 1.165) is 5.56 Å². The minimum Gasteiger partial charge on any atom is -0.505 e. The molecule has 0 saturated heterocycles. The molecule has 1 unspecified atom stereocenters. The van der Waals surface area contributed by atoms with Crippen molar-refractivity contribution >= 4 is 22.9 Å². The number of thiophene rings is 1. The van der Waals surface area contributed by atoms with Gasteiger partial charge in [-0.1, -0.05) is 6.07 Å². The van der Waals surface area contributed by atoms with Crippen LogP contribution >= 0.6 is 11.3 Å². The number of nitrogens with one attached hydrogen (secondary N) is 1. The van der Waals surface area contributed by atoms with Gasteiger partial charge in [0.2, 0.25) is 0 Å². The average molecular weight is 278 g/mol. The lowest BCUT2D eigenvalue weighted by atomic mass is 10.1. The van der Waals surface area contributed by atoms with E-state index in [4.69, 9.17) is 5.73 Å². The molecule has 1 atom stereocenters. The molecule has 100 valence electrons. The van der Waals surface area contributed by atoms with Gasteiger partial charge in [-0.2, -0.15) is 11.3 Å². The Morgan fingerprint density at radius 2 is 2.21 bits per heavy atom. The van der Waals surface area contributed by atoms with Crippen molar-refractivity contribution in [1.82, 2.24) is 5.32 Å². The summed E-state index contributed by atoms with van der Waals surface area (Å²) in [5.41, 5.74) is 6.50. The number of para-hydroxylation sites is 1. The first-order chi connectivity index (χ1) is 9.09. The van der Waals surface area contributed by atoms with Crippen LogP contribution in [0.5, 0.6) is 5.75 Å². The van der Waals surface area contributed by atoms with Crippen LogP contribution in [0.1, 0.15) is 22.0 Å². The van der Waals surface area contributed by atoms with Crippen LogP contribution in [0.25, 0.3) is 0 Å². The van der Waals surface area contributed by atoms with Crippen molar-refractivity contribution in [2.45, 2.75) is 6.10 Å². The number of aliphatic hydroxyl groups excluding tert-OH is 1. The van der Waals surface area contributed by atoms with Crippen LogP contribution in [-0.4, -0.2) is 22.7 Å². The fourth-order valence-electron chi connectivity index (χ4n) is 1.61. The molecule has 6 heteroatoms. The van der Waals surface area contributed by atoms with Gasteiger partial charge < -0.3 is 21.3 Å². The Morgan fingerprint density at radius 3 is 2.89 bits per heavy atom. The van der Waals surface area contributed by atoms with Gasteiger partial charge in [-0.15, -0.1) is 0 Å². The van der Waals surface area contributed by atoms with Crippen LogP contribution in [-0.2, 0) is 0 Å². The van der Waals surface area contributed by atoms with Crippen LogP contribution in [0.15, 0.2) is 35.0 Å². The third-order valence-corrected chi connectivity index (χ3v) is 3.40. The highest BCUT2D eigenvalue weighted by molar-refractivity contribution is 7.07. The third-order valence-electron chi connectivity index (χ3n) is 2.70. The lowest BCUT2D eigenvalue weighted by Gasteiger charge is -2.11. The largest absolute Gasteiger partial charge is 0.505 e. The molecule has 5 nitrogen and oxygen atoms in total. The summed E-state index contributed by atoms with van der Waals surface area (Å²) >= 11 is 1.47. The number of nitrogens with two attached hydrogens (primary N) is 1. The van der Waals surface area contributed by atoms with Crippen LogP contribution in [0.2, 0.25) is 0 Å². The number of benzene rings is 1. The molecule has 0 radical (unpaired) electrons. The van der Waals surface area contributed by atoms with E-state index in [1.807, 2.05) is 10.8 Å². The first-order valence-corrected chi connectivity index (χ1v) is 6.59. The second kappa shape index (κ2) is 5.73. The molecule has 1 aromatic carbocycles. The van der Waals surface area contributed by atoms with Crippen molar-refractivity contribution < 1.29 is 15.0 Å². The van der Waals surface area contributed by atoms with E-state index < -0.39 is 12.0 Å². The standard InChI is InChI=1S/C13H14N2O3S/c14-10-3-1-2-9(12(10)17)13(18)15-6-11(16)8-4-5-19-7-8/h1-5,7,11,16-17H,6,14H2,(H,15,18). The van der Waals surface area contributed by atoms with Crippen molar-refractivity contribution in [3.63, 3.8) is 0 Å². The van der Waals surface area contributed by atoms with Crippen molar-refractivity contribution in [3.05, 3.63) is 46.2 Å². The number of nitrogen functional groups attached to an aromatic ring is 1. The Labute approximate surface area is 114 Å². The van der Waals surface area contributed by atoms with Crippen molar-refractivity contribution in [2.75, 3.05) is 12.3 Å². The van der Waals surface area contributed by atoms with Gasteiger partial charge in [0.05, 0.1) is 17.4 Å². The summed E-state index contributed by atoms with van der Waals surface area (Å²) in [5.74, 6) is -0.718. The monoisotopic (exact) mass is 278 g/mol. The van der Waals surface area contributed by atoms with Gasteiger partial charge in [0.25, 0.3) is 5.91 Å². The van der Waals surface area contributed by atoms with Gasteiger partial charge >= 0.3 is 0 Å². The Bertz CT molecular complexity index is 569.